The summed E-state index contributed by atoms with van der Waals surface area (Å²) >= 11 is 0. The number of rotatable bonds is 6. The molecule has 3 N–H and O–H groups in total. The molecule has 0 heterocycles. The van der Waals surface area contributed by atoms with Crippen molar-refractivity contribution in [2.75, 3.05) is 13.7 Å². The fourth-order valence-corrected chi connectivity index (χ4v) is 1.86. The van der Waals surface area contributed by atoms with Crippen LogP contribution >= 0.6 is 0 Å². The highest BCUT2D eigenvalue weighted by molar-refractivity contribution is 5.80. The van der Waals surface area contributed by atoms with Crippen LogP contribution in [0, 0.1) is 0 Å². The first-order chi connectivity index (χ1) is 9.70. The molecule has 2 aromatic carbocycles. The number of hydrogen-bond donors (Lipinski definition) is 2. The number of carbonyl (C=O) groups is 1. The van der Waals surface area contributed by atoms with Crippen molar-refractivity contribution in [2.45, 2.75) is 6.04 Å². The SMILES string of the molecule is CNC(COc1ccc(-c2ccccc2)cc1)C(N)=O. The summed E-state index contributed by atoms with van der Waals surface area (Å²) in [5, 5.41) is 2.81. The van der Waals surface area contributed by atoms with Crippen molar-refractivity contribution in [1.82, 2.24) is 5.32 Å². The van der Waals surface area contributed by atoms with E-state index in [1.165, 1.54) is 0 Å². The maximum Gasteiger partial charge on any atom is 0.238 e. The van der Waals surface area contributed by atoms with Crippen LogP contribution in [-0.4, -0.2) is 25.6 Å². The minimum atomic E-state index is -0.483. The van der Waals surface area contributed by atoms with Gasteiger partial charge in [-0.2, -0.15) is 0 Å². The summed E-state index contributed by atoms with van der Waals surface area (Å²) in [6.07, 6.45) is 0. The lowest BCUT2D eigenvalue weighted by molar-refractivity contribution is -0.120. The van der Waals surface area contributed by atoms with Crippen molar-refractivity contribution in [3.8, 4) is 16.9 Å². The predicted molar refractivity (Wildman–Crippen MR) is 79.4 cm³/mol. The minimum absolute atomic E-state index is 0.219. The lowest BCUT2D eigenvalue weighted by Crippen LogP contribution is -2.43. The van der Waals surface area contributed by atoms with Gasteiger partial charge in [-0.1, -0.05) is 42.5 Å². The second kappa shape index (κ2) is 6.73. The monoisotopic (exact) mass is 270 g/mol. The zero-order chi connectivity index (χ0) is 14.4. The fourth-order valence-electron chi connectivity index (χ4n) is 1.86. The van der Waals surface area contributed by atoms with Gasteiger partial charge in [-0.15, -0.1) is 0 Å². The van der Waals surface area contributed by atoms with Gasteiger partial charge in [0.2, 0.25) is 5.91 Å². The van der Waals surface area contributed by atoms with Gasteiger partial charge in [0.1, 0.15) is 18.4 Å². The molecule has 0 spiro atoms. The van der Waals surface area contributed by atoms with E-state index in [1.54, 1.807) is 7.05 Å². The molecule has 104 valence electrons. The van der Waals surface area contributed by atoms with Gasteiger partial charge >= 0.3 is 0 Å². The van der Waals surface area contributed by atoms with Crippen LogP contribution in [0.2, 0.25) is 0 Å². The molecule has 2 aromatic rings. The molecule has 4 nitrogen and oxygen atoms in total. The predicted octanol–water partition coefficient (Wildman–Crippen LogP) is 1.81. The zero-order valence-corrected chi connectivity index (χ0v) is 11.4. The van der Waals surface area contributed by atoms with Crippen LogP contribution in [0.1, 0.15) is 0 Å². The third kappa shape index (κ3) is 3.59. The third-order valence-corrected chi connectivity index (χ3v) is 3.07. The number of hydrogen-bond acceptors (Lipinski definition) is 3. The molecule has 0 aromatic heterocycles. The fraction of sp³-hybridized carbons (Fsp3) is 0.188. The standard InChI is InChI=1S/C16H18N2O2/c1-18-15(16(17)19)11-20-14-9-7-13(8-10-14)12-5-3-2-4-6-12/h2-10,15,18H,11H2,1H3,(H2,17,19). The number of amides is 1. The van der Waals surface area contributed by atoms with Crippen LogP contribution in [0.25, 0.3) is 11.1 Å². The van der Waals surface area contributed by atoms with Gasteiger partial charge in [0.25, 0.3) is 0 Å². The van der Waals surface area contributed by atoms with E-state index in [0.29, 0.717) is 5.75 Å². The van der Waals surface area contributed by atoms with E-state index < -0.39 is 11.9 Å². The molecule has 1 amide bonds. The number of ether oxygens (including phenoxy) is 1. The highest BCUT2D eigenvalue weighted by atomic mass is 16.5. The number of likely N-dealkylation sites (N-methyl/N-ethyl adjacent to an activating group) is 1. The maximum atomic E-state index is 11.1. The molecule has 0 fully saturated rings. The number of carbonyl (C=O) groups excluding carboxylic acids is 1. The normalized spacial score (nSPS) is 11.8. The van der Waals surface area contributed by atoms with Gasteiger partial charge in [0.15, 0.2) is 0 Å². The Hall–Kier alpha value is -2.33. The van der Waals surface area contributed by atoms with Gasteiger partial charge in [-0.25, -0.2) is 0 Å². The van der Waals surface area contributed by atoms with Crippen molar-refractivity contribution in [3.63, 3.8) is 0 Å². The van der Waals surface area contributed by atoms with Crippen molar-refractivity contribution >= 4 is 5.91 Å². The summed E-state index contributed by atoms with van der Waals surface area (Å²) in [6.45, 7) is 0.219. The first-order valence-electron chi connectivity index (χ1n) is 6.45. The molecule has 2 rings (SSSR count). The van der Waals surface area contributed by atoms with Gasteiger partial charge in [0, 0.05) is 0 Å². The van der Waals surface area contributed by atoms with Crippen LogP contribution in [0.5, 0.6) is 5.75 Å². The summed E-state index contributed by atoms with van der Waals surface area (Å²) in [5.41, 5.74) is 7.51. The number of nitrogens with two attached hydrogens (primary N) is 1. The second-order valence-electron chi connectivity index (χ2n) is 4.45. The first kappa shape index (κ1) is 14.1. The minimum Gasteiger partial charge on any atom is -0.491 e. The first-order valence-corrected chi connectivity index (χ1v) is 6.45. The molecule has 0 saturated carbocycles. The summed E-state index contributed by atoms with van der Waals surface area (Å²) in [6, 6.07) is 17.4. The maximum absolute atomic E-state index is 11.1. The number of benzene rings is 2. The Morgan fingerprint density at radius 1 is 1.10 bits per heavy atom. The summed E-state index contributed by atoms with van der Waals surface area (Å²) in [4.78, 5) is 11.1. The quantitative estimate of drug-likeness (QED) is 0.841. The van der Waals surface area contributed by atoms with E-state index in [4.69, 9.17) is 10.5 Å². The second-order valence-corrected chi connectivity index (χ2v) is 4.45. The van der Waals surface area contributed by atoms with Crippen molar-refractivity contribution in [2.24, 2.45) is 5.73 Å². The van der Waals surface area contributed by atoms with Crippen molar-refractivity contribution in [1.29, 1.82) is 0 Å². The third-order valence-electron chi connectivity index (χ3n) is 3.07. The van der Waals surface area contributed by atoms with E-state index in [2.05, 4.69) is 17.4 Å². The molecule has 1 unspecified atom stereocenters. The molecule has 0 radical (unpaired) electrons. The summed E-state index contributed by atoms with van der Waals surface area (Å²) < 4.78 is 5.55. The highest BCUT2D eigenvalue weighted by Gasteiger charge is 2.13. The average Bonchev–Trinajstić information content (AvgIpc) is 2.49. The van der Waals surface area contributed by atoms with E-state index in [9.17, 15) is 4.79 Å². The average molecular weight is 270 g/mol. The van der Waals surface area contributed by atoms with Crippen molar-refractivity contribution < 1.29 is 9.53 Å². The van der Waals surface area contributed by atoms with Gasteiger partial charge in [-0.05, 0) is 30.3 Å². The van der Waals surface area contributed by atoms with E-state index in [-0.39, 0.29) is 6.61 Å². The van der Waals surface area contributed by atoms with E-state index in [0.717, 1.165) is 11.1 Å². The Kier molecular flexibility index (Phi) is 4.74. The number of nitrogens with one attached hydrogen (secondary N) is 1. The molecular weight excluding hydrogens is 252 g/mol. The summed E-state index contributed by atoms with van der Waals surface area (Å²) in [5.74, 6) is 0.291. The molecule has 1 atom stereocenters. The molecule has 0 aliphatic heterocycles. The van der Waals surface area contributed by atoms with Crippen LogP contribution in [0.3, 0.4) is 0 Å². The Morgan fingerprint density at radius 3 is 2.25 bits per heavy atom. The highest BCUT2D eigenvalue weighted by Crippen LogP contribution is 2.22. The topological polar surface area (TPSA) is 64.3 Å². The number of primary amides is 1. The van der Waals surface area contributed by atoms with Crippen LogP contribution in [-0.2, 0) is 4.79 Å². The van der Waals surface area contributed by atoms with E-state index >= 15 is 0 Å². The van der Waals surface area contributed by atoms with Crippen LogP contribution in [0.4, 0.5) is 0 Å². The van der Waals surface area contributed by atoms with Gasteiger partial charge in [0.05, 0.1) is 0 Å². The molecule has 0 aliphatic carbocycles. The largest absolute Gasteiger partial charge is 0.491 e. The van der Waals surface area contributed by atoms with Crippen LogP contribution < -0.4 is 15.8 Å². The Labute approximate surface area is 118 Å². The Morgan fingerprint density at radius 2 is 1.70 bits per heavy atom. The molecule has 20 heavy (non-hydrogen) atoms. The molecule has 0 saturated heterocycles. The Balaban J connectivity index is 2.00. The lowest BCUT2D eigenvalue weighted by atomic mass is 10.1. The molecule has 4 heteroatoms. The molecule has 0 aliphatic rings. The van der Waals surface area contributed by atoms with Crippen LogP contribution in [0.15, 0.2) is 54.6 Å². The molecular formula is C16H18N2O2. The van der Waals surface area contributed by atoms with E-state index in [1.807, 2.05) is 42.5 Å². The zero-order valence-electron chi connectivity index (χ0n) is 11.4. The lowest BCUT2D eigenvalue weighted by Gasteiger charge is -2.13. The van der Waals surface area contributed by atoms with Crippen molar-refractivity contribution in [3.05, 3.63) is 54.6 Å². The van der Waals surface area contributed by atoms with Gasteiger partial charge in [-0.3, -0.25) is 4.79 Å². The van der Waals surface area contributed by atoms with Gasteiger partial charge < -0.3 is 15.8 Å². The Bertz CT molecular complexity index is 552. The summed E-state index contributed by atoms with van der Waals surface area (Å²) in [7, 11) is 1.68. The smallest absolute Gasteiger partial charge is 0.238 e. The molecule has 0 bridgehead atoms.